The lowest BCUT2D eigenvalue weighted by atomic mass is 9.75. The Labute approximate surface area is 108 Å². The van der Waals surface area contributed by atoms with Crippen LogP contribution in [0, 0.1) is 12.3 Å². The van der Waals surface area contributed by atoms with Gasteiger partial charge in [0, 0.05) is 15.1 Å². The van der Waals surface area contributed by atoms with Crippen molar-refractivity contribution in [3.63, 3.8) is 0 Å². The van der Waals surface area contributed by atoms with Gasteiger partial charge in [-0.05, 0) is 38.0 Å². The summed E-state index contributed by atoms with van der Waals surface area (Å²) >= 11 is 2.01. The summed E-state index contributed by atoms with van der Waals surface area (Å²) in [5.41, 5.74) is 3.01. The van der Waals surface area contributed by atoms with E-state index in [1.807, 2.05) is 11.8 Å². The normalized spacial score (nSPS) is 32.3. The largest absolute Gasteiger partial charge is 0.364 e. The van der Waals surface area contributed by atoms with E-state index < -0.39 is 0 Å². The van der Waals surface area contributed by atoms with Gasteiger partial charge in [-0.3, -0.25) is 0 Å². The Bertz CT molecular complexity index is 476. The van der Waals surface area contributed by atoms with Gasteiger partial charge in [-0.1, -0.05) is 26.0 Å². The second kappa shape index (κ2) is 3.30. The van der Waals surface area contributed by atoms with E-state index in [1.54, 1.807) is 0 Å². The number of benzene rings is 1. The van der Waals surface area contributed by atoms with Gasteiger partial charge in [-0.25, -0.2) is 0 Å². The third-order valence-corrected chi connectivity index (χ3v) is 6.30. The van der Waals surface area contributed by atoms with E-state index in [4.69, 9.17) is 4.74 Å². The molecule has 2 heteroatoms. The summed E-state index contributed by atoms with van der Waals surface area (Å²) in [6.45, 7) is 11.6. The molecule has 0 amide bonds. The topological polar surface area (TPSA) is 12.5 Å². The van der Waals surface area contributed by atoms with Gasteiger partial charge < -0.3 is 4.74 Å². The minimum Gasteiger partial charge on any atom is -0.364 e. The highest BCUT2D eigenvalue weighted by Gasteiger charge is 2.59. The molecule has 92 valence electrons. The van der Waals surface area contributed by atoms with Crippen molar-refractivity contribution in [1.82, 2.24) is 0 Å². The van der Waals surface area contributed by atoms with Crippen LogP contribution in [0.3, 0.4) is 0 Å². The maximum atomic E-state index is 6.00. The monoisotopic (exact) mass is 248 g/mol. The van der Waals surface area contributed by atoms with Gasteiger partial charge in [0.15, 0.2) is 0 Å². The van der Waals surface area contributed by atoms with E-state index in [0.717, 1.165) is 0 Å². The van der Waals surface area contributed by atoms with Crippen molar-refractivity contribution in [1.29, 1.82) is 0 Å². The highest BCUT2D eigenvalue weighted by molar-refractivity contribution is 8.00. The molecule has 3 rings (SSSR count). The van der Waals surface area contributed by atoms with Gasteiger partial charge in [-0.15, -0.1) is 11.8 Å². The first-order chi connectivity index (χ1) is 7.84. The molecule has 0 saturated carbocycles. The Morgan fingerprint density at radius 3 is 2.59 bits per heavy atom. The van der Waals surface area contributed by atoms with E-state index >= 15 is 0 Å². The Balaban J connectivity index is 2.17. The summed E-state index contributed by atoms with van der Waals surface area (Å²) in [4.78, 5) is 1.41. The molecule has 0 aromatic heterocycles. The number of aryl methyl sites for hydroxylation is 1. The zero-order valence-corrected chi connectivity index (χ0v) is 12.0. The summed E-state index contributed by atoms with van der Waals surface area (Å²) in [6.07, 6.45) is 0.711. The molecule has 0 bridgehead atoms. The number of rotatable bonds is 0. The van der Waals surface area contributed by atoms with Gasteiger partial charge in [0.1, 0.15) is 6.10 Å². The molecule has 0 N–H and O–H groups in total. The lowest BCUT2D eigenvalue weighted by Gasteiger charge is -2.39. The van der Waals surface area contributed by atoms with Crippen LogP contribution in [-0.2, 0) is 4.74 Å². The lowest BCUT2D eigenvalue weighted by molar-refractivity contribution is 0.195. The van der Waals surface area contributed by atoms with E-state index in [9.17, 15) is 0 Å². The van der Waals surface area contributed by atoms with Crippen molar-refractivity contribution < 1.29 is 4.74 Å². The SMILES string of the molecule is Cc1cccc2c1C1OC1C(C)(C)C(C)(C)S2. The number of thioether (sulfide) groups is 1. The fraction of sp³-hybridized carbons (Fsp3) is 0.600. The first-order valence-corrected chi connectivity index (χ1v) is 7.10. The summed E-state index contributed by atoms with van der Waals surface area (Å²) < 4.78 is 6.20. The predicted octanol–water partition coefficient (Wildman–Crippen LogP) is 4.35. The molecule has 1 aromatic carbocycles. The molecule has 1 saturated heterocycles. The summed E-state index contributed by atoms with van der Waals surface area (Å²) in [7, 11) is 0. The van der Waals surface area contributed by atoms with Gasteiger partial charge in [0.2, 0.25) is 0 Å². The first kappa shape index (κ1) is 11.6. The van der Waals surface area contributed by atoms with Crippen molar-refractivity contribution >= 4 is 11.8 Å². The molecule has 1 nitrogen and oxygen atoms in total. The summed E-state index contributed by atoms with van der Waals surface area (Å²) in [5.74, 6) is 0. The minimum absolute atomic E-state index is 0.200. The zero-order chi connectivity index (χ0) is 12.4. The fourth-order valence-corrected chi connectivity index (χ4v) is 4.20. The van der Waals surface area contributed by atoms with Crippen LogP contribution in [0.15, 0.2) is 23.1 Å². The summed E-state index contributed by atoms with van der Waals surface area (Å²) in [6, 6.07) is 6.60. The van der Waals surface area contributed by atoms with Crippen molar-refractivity contribution in [2.24, 2.45) is 5.41 Å². The van der Waals surface area contributed by atoms with Gasteiger partial charge in [0.05, 0.1) is 6.10 Å². The van der Waals surface area contributed by atoms with Gasteiger partial charge >= 0.3 is 0 Å². The maximum Gasteiger partial charge on any atom is 0.111 e. The molecule has 2 unspecified atom stereocenters. The molecule has 2 aliphatic rings. The smallest absolute Gasteiger partial charge is 0.111 e. The van der Waals surface area contributed by atoms with Crippen LogP contribution < -0.4 is 0 Å². The molecular weight excluding hydrogens is 228 g/mol. The molecule has 0 aliphatic carbocycles. The number of epoxide rings is 1. The molecule has 1 fully saturated rings. The second-order valence-corrected chi connectivity index (χ2v) is 7.96. The Morgan fingerprint density at radius 1 is 1.18 bits per heavy atom. The van der Waals surface area contributed by atoms with E-state index in [1.165, 1.54) is 16.0 Å². The van der Waals surface area contributed by atoms with Crippen LogP contribution in [0.25, 0.3) is 0 Å². The zero-order valence-electron chi connectivity index (χ0n) is 11.2. The molecule has 0 spiro atoms. The van der Waals surface area contributed by atoms with E-state index in [-0.39, 0.29) is 10.2 Å². The third kappa shape index (κ3) is 1.50. The predicted molar refractivity (Wildman–Crippen MR) is 72.5 cm³/mol. The first-order valence-electron chi connectivity index (χ1n) is 6.28. The van der Waals surface area contributed by atoms with Crippen LogP contribution in [-0.4, -0.2) is 10.9 Å². The van der Waals surface area contributed by atoms with Crippen LogP contribution in [0.5, 0.6) is 0 Å². The number of hydrogen-bond donors (Lipinski definition) is 0. The van der Waals surface area contributed by atoms with Crippen LogP contribution in [0.2, 0.25) is 0 Å². The molecule has 2 atom stereocenters. The van der Waals surface area contributed by atoms with Crippen LogP contribution >= 0.6 is 11.8 Å². The quantitative estimate of drug-likeness (QED) is 0.633. The van der Waals surface area contributed by atoms with Crippen molar-refractivity contribution in [3.8, 4) is 0 Å². The molecule has 1 aromatic rings. The lowest BCUT2D eigenvalue weighted by Crippen LogP contribution is -2.39. The Hall–Kier alpha value is -0.470. The Kier molecular flexibility index (Phi) is 2.25. The van der Waals surface area contributed by atoms with Crippen LogP contribution in [0.4, 0.5) is 0 Å². The van der Waals surface area contributed by atoms with Crippen molar-refractivity contribution in [2.75, 3.05) is 0 Å². The molecule has 2 aliphatic heterocycles. The Morgan fingerprint density at radius 2 is 1.88 bits per heavy atom. The number of fused-ring (bicyclic) bond motifs is 3. The molecular formula is C15H20OS. The third-order valence-electron chi connectivity index (χ3n) is 4.69. The van der Waals surface area contributed by atoms with Crippen molar-refractivity contribution in [3.05, 3.63) is 29.3 Å². The molecule has 2 heterocycles. The van der Waals surface area contributed by atoms with Gasteiger partial charge in [-0.2, -0.15) is 0 Å². The average Bonchev–Trinajstić information content (AvgIpc) is 2.96. The highest BCUT2D eigenvalue weighted by Crippen LogP contribution is 2.63. The van der Waals surface area contributed by atoms with E-state index in [0.29, 0.717) is 12.2 Å². The average molecular weight is 248 g/mol. The van der Waals surface area contributed by atoms with E-state index in [2.05, 4.69) is 52.8 Å². The van der Waals surface area contributed by atoms with Gasteiger partial charge in [0.25, 0.3) is 0 Å². The minimum atomic E-state index is 0.200. The number of ether oxygens (including phenoxy) is 1. The maximum absolute atomic E-state index is 6.00. The number of hydrogen-bond acceptors (Lipinski definition) is 2. The fourth-order valence-electron chi connectivity index (χ4n) is 2.74. The standard InChI is InChI=1S/C15H20OS/c1-9-7-6-8-10-11(9)12-13(16-12)14(2,3)15(4,5)17-10/h6-8,12-13H,1-5H3. The molecule has 17 heavy (non-hydrogen) atoms. The second-order valence-electron chi connectivity index (χ2n) is 6.30. The van der Waals surface area contributed by atoms with Crippen molar-refractivity contribution in [2.45, 2.75) is 56.5 Å². The van der Waals surface area contributed by atoms with Crippen LogP contribution in [0.1, 0.15) is 44.9 Å². The highest BCUT2D eigenvalue weighted by atomic mass is 32.2. The molecule has 0 radical (unpaired) electrons. The summed E-state index contributed by atoms with van der Waals surface area (Å²) in [5, 5.41) is 0.